The first-order valence-electron chi connectivity index (χ1n) is 4.19. The molecule has 0 spiro atoms. The number of benzene rings is 2. The number of hydrogen-bond acceptors (Lipinski definition) is 2. The van der Waals surface area contributed by atoms with E-state index < -0.39 is 17.4 Å². The predicted molar refractivity (Wildman–Crippen MR) is 50.9 cm³/mol. The number of aromatic hydroxyl groups is 1. The molecule has 2 nitrogen and oxygen atoms in total. The van der Waals surface area contributed by atoms with Crippen LogP contribution in [0.15, 0.2) is 24.3 Å². The minimum Gasteiger partial charge on any atom is -0.503 e. The average molecular weight is 208 g/mol. The maximum absolute atomic E-state index is 13.3. The van der Waals surface area contributed by atoms with E-state index in [4.69, 9.17) is 5.11 Å². The van der Waals surface area contributed by atoms with Crippen molar-refractivity contribution in [3.63, 3.8) is 0 Å². The highest BCUT2D eigenvalue weighted by molar-refractivity contribution is 5.90. The molecule has 15 heavy (non-hydrogen) atoms. The Hall–Kier alpha value is -1.97. The molecule has 0 atom stereocenters. The summed E-state index contributed by atoms with van der Waals surface area (Å²) in [5, 5.41) is 9.34. The van der Waals surface area contributed by atoms with Crippen molar-refractivity contribution in [2.24, 2.45) is 0 Å². The normalized spacial score (nSPS) is 10.5. The molecule has 0 aliphatic rings. The van der Waals surface area contributed by atoms with E-state index in [2.05, 4.69) is 0 Å². The van der Waals surface area contributed by atoms with Gasteiger partial charge in [-0.3, -0.25) is 4.79 Å². The van der Waals surface area contributed by atoms with Gasteiger partial charge in [0, 0.05) is 10.9 Å². The summed E-state index contributed by atoms with van der Waals surface area (Å²) in [7, 11) is 0. The van der Waals surface area contributed by atoms with Gasteiger partial charge < -0.3 is 5.11 Å². The fourth-order valence-electron chi connectivity index (χ4n) is 1.41. The van der Waals surface area contributed by atoms with Crippen LogP contribution in [0, 0.1) is 11.6 Å². The second kappa shape index (κ2) is 3.31. The molecule has 0 aromatic heterocycles. The van der Waals surface area contributed by atoms with Crippen molar-refractivity contribution in [3.8, 4) is 5.75 Å². The predicted octanol–water partition coefficient (Wildman–Crippen LogP) is 2.64. The molecule has 0 saturated heterocycles. The summed E-state index contributed by atoms with van der Waals surface area (Å²) in [6.45, 7) is 0. The molecule has 4 heteroatoms. The van der Waals surface area contributed by atoms with Crippen LogP contribution in [-0.4, -0.2) is 11.4 Å². The molecule has 0 heterocycles. The lowest BCUT2D eigenvalue weighted by atomic mass is 10.1. The summed E-state index contributed by atoms with van der Waals surface area (Å²) in [5.41, 5.74) is 0.326. The Labute approximate surface area is 83.8 Å². The van der Waals surface area contributed by atoms with Crippen LogP contribution in [0.1, 0.15) is 10.4 Å². The highest BCUT2D eigenvalue weighted by Crippen LogP contribution is 2.28. The number of phenols is 1. The Kier molecular flexibility index (Phi) is 2.11. The summed E-state index contributed by atoms with van der Waals surface area (Å²) >= 11 is 0. The van der Waals surface area contributed by atoms with E-state index in [1.807, 2.05) is 0 Å². The summed E-state index contributed by atoms with van der Waals surface area (Å²) in [6, 6.07) is 5.07. The third-order valence-corrected chi connectivity index (χ3v) is 2.16. The summed E-state index contributed by atoms with van der Waals surface area (Å²) < 4.78 is 26.3. The molecule has 0 aliphatic carbocycles. The first-order chi connectivity index (χ1) is 7.13. The molecule has 76 valence electrons. The van der Waals surface area contributed by atoms with Crippen LogP contribution in [0.5, 0.6) is 5.75 Å². The van der Waals surface area contributed by atoms with E-state index >= 15 is 0 Å². The summed E-state index contributed by atoms with van der Waals surface area (Å²) in [6.07, 6.45) is 0.585. The number of carbonyl (C=O) groups is 1. The van der Waals surface area contributed by atoms with Crippen molar-refractivity contribution in [2.45, 2.75) is 0 Å². The fraction of sp³-hybridized carbons (Fsp3) is 0. The number of fused-ring (bicyclic) bond motifs is 1. The van der Waals surface area contributed by atoms with Crippen molar-refractivity contribution in [1.82, 2.24) is 0 Å². The molecule has 2 aromatic carbocycles. The van der Waals surface area contributed by atoms with Gasteiger partial charge in [0.2, 0.25) is 0 Å². The van der Waals surface area contributed by atoms with Crippen LogP contribution in [0.2, 0.25) is 0 Å². The largest absolute Gasteiger partial charge is 0.503 e. The van der Waals surface area contributed by atoms with Crippen molar-refractivity contribution >= 4 is 17.1 Å². The van der Waals surface area contributed by atoms with Gasteiger partial charge in [-0.25, -0.2) is 8.78 Å². The molecule has 2 rings (SSSR count). The van der Waals surface area contributed by atoms with E-state index in [1.165, 1.54) is 18.2 Å². The number of halogens is 2. The minimum atomic E-state index is -1.04. The maximum atomic E-state index is 13.3. The first-order valence-corrected chi connectivity index (χ1v) is 4.19. The third-order valence-electron chi connectivity index (χ3n) is 2.16. The van der Waals surface area contributed by atoms with Crippen LogP contribution in [0.25, 0.3) is 10.8 Å². The highest BCUT2D eigenvalue weighted by atomic mass is 19.1. The zero-order chi connectivity index (χ0) is 11.0. The standard InChI is InChI=1S/C11H6F2O2/c12-9-4-7-3-6(5-14)1-2-8(7)10(13)11(9)15/h1-5,15H. The second-order valence-corrected chi connectivity index (χ2v) is 3.12. The van der Waals surface area contributed by atoms with E-state index in [-0.39, 0.29) is 10.8 Å². The monoisotopic (exact) mass is 208 g/mol. The van der Waals surface area contributed by atoms with Gasteiger partial charge in [0.15, 0.2) is 17.4 Å². The Morgan fingerprint density at radius 2 is 1.93 bits per heavy atom. The zero-order valence-electron chi connectivity index (χ0n) is 7.50. The molecule has 1 N–H and O–H groups in total. The van der Waals surface area contributed by atoms with Crippen molar-refractivity contribution in [3.05, 3.63) is 41.5 Å². The molecule has 2 aromatic rings. The van der Waals surface area contributed by atoms with Gasteiger partial charge in [0.25, 0.3) is 0 Å². The van der Waals surface area contributed by atoms with Crippen molar-refractivity contribution in [1.29, 1.82) is 0 Å². The third kappa shape index (κ3) is 1.44. The maximum Gasteiger partial charge on any atom is 0.188 e. The quantitative estimate of drug-likeness (QED) is 0.731. The van der Waals surface area contributed by atoms with Gasteiger partial charge in [-0.1, -0.05) is 12.1 Å². The SMILES string of the molecule is O=Cc1ccc2c(F)c(O)c(F)cc2c1. The first kappa shape index (κ1) is 9.58. The molecule has 0 unspecified atom stereocenters. The fourth-order valence-corrected chi connectivity index (χ4v) is 1.41. The Morgan fingerprint density at radius 1 is 1.20 bits per heavy atom. The average Bonchev–Trinajstić information content (AvgIpc) is 2.25. The number of rotatable bonds is 1. The Balaban J connectivity index is 2.86. The van der Waals surface area contributed by atoms with Gasteiger partial charge in [0.1, 0.15) is 6.29 Å². The summed E-state index contributed by atoms with van der Waals surface area (Å²) in [4.78, 5) is 10.5. The zero-order valence-corrected chi connectivity index (χ0v) is 7.50. The molecular formula is C11H6F2O2. The van der Waals surface area contributed by atoms with Gasteiger partial charge in [-0.2, -0.15) is 0 Å². The lowest BCUT2D eigenvalue weighted by Crippen LogP contribution is -1.88. The molecule has 0 radical (unpaired) electrons. The number of carbonyl (C=O) groups excluding carboxylic acids is 1. The lowest BCUT2D eigenvalue weighted by molar-refractivity contribution is 0.112. The Bertz CT molecular complexity index is 550. The number of aldehydes is 1. The molecule has 0 saturated carbocycles. The Morgan fingerprint density at radius 3 is 2.60 bits per heavy atom. The van der Waals surface area contributed by atoms with Crippen LogP contribution in [-0.2, 0) is 0 Å². The molecule has 0 bridgehead atoms. The second-order valence-electron chi connectivity index (χ2n) is 3.12. The van der Waals surface area contributed by atoms with Crippen LogP contribution < -0.4 is 0 Å². The minimum absolute atomic E-state index is 0.0829. The molecule has 0 fully saturated rings. The smallest absolute Gasteiger partial charge is 0.188 e. The van der Waals surface area contributed by atoms with E-state index in [1.54, 1.807) is 0 Å². The number of phenolic OH excluding ortho intramolecular Hbond substituents is 1. The van der Waals surface area contributed by atoms with Crippen LogP contribution >= 0.6 is 0 Å². The molecule has 0 amide bonds. The van der Waals surface area contributed by atoms with Gasteiger partial charge in [0.05, 0.1) is 0 Å². The van der Waals surface area contributed by atoms with Gasteiger partial charge in [-0.05, 0) is 17.5 Å². The number of hydrogen-bond donors (Lipinski definition) is 1. The van der Waals surface area contributed by atoms with Gasteiger partial charge >= 0.3 is 0 Å². The lowest BCUT2D eigenvalue weighted by Gasteiger charge is -2.03. The van der Waals surface area contributed by atoms with Gasteiger partial charge in [-0.15, -0.1) is 0 Å². The van der Waals surface area contributed by atoms with Crippen molar-refractivity contribution < 1.29 is 18.7 Å². The van der Waals surface area contributed by atoms with E-state index in [0.29, 0.717) is 11.8 Å². The molecular weight excluding hydrogens is 202 g/mol. The van der Waals surface area contributed by atoms with E-state index in [9.17, 15) is 13.6 Å². The molecule has 0 aliphatic heterocycles. The topological polar surface area (TPSA) is 37.3 Å². The summed E-state index contributed by atoms with van der Waals surface area (Å²) in [5.74, 6) is -3.05. The van der Waals surface area contributed by atoms with Crippen LogP contribution in [0.3, 0.4) is 0 Å². The highest BCUT2D eigenvalue weighted by Gasteiger charge is 2.12. The van der Waals surface area contributed by atoms with Crippen molar-refractivity contribution in [2.75, 3.05) is 0 Å². The van der Waals surface area contributed by atoms with Crippen LogP contribution in [0.4, 0.5) is 8.78 Å². The van der Waals surface area contributed by atoms with E-state index in [0.717, 1.165) is 6.07 Å².